The molecule has 9 nitrogen and oxygen atoms in total. The highest BCUT2D eigenvalue weighted by Crippen LogP contribution is 2.28. The highest BCUT2D eigenvalue weighted by molar-refractivity contribution is 7.89. The van der Waals surface area contributed by atoms with E-state index in [1.165, 1.54) is 21.8 Å². The predicted molar refractivity (Wildman–Crippen MR) is 129 cm³/mol. The highest BCUT2D eigenvalue weighted by atomic mass is 35.5. The number of carbonyl (C=O) groups is 1. The maximum atomic E-state index is 13.1. The molecule has 4 heterocycles. The van der Waals surface area contributed by atoms with Crippen molar-refractivity contribution in [2.24, 2.45) is 0 Å². The van der Waals surface area contributed by atoms with Crippen LogP contribution in [0.4, 0.5) is 0 Å². The minimum Gasteiger partial charge on any atom is -0.619 e. The summed E-state index contributed by atoms with van der Waals surface area (Å²) in [5.41, 5.74) is 2.06. The molecular formula is C22H20ClN5O4S2. The van der Waals surface area contributed by atoms with Crippen LogP contribution in [0.3, 0.4) is 0 Å². The van der Waals surface area contributed by atoms with Crippen molar-refractivity contribution in [2.75, 3.05) is 26.2 Å². The monoisotopic (exact) mass is 517 g/mol. The number of H-pyrrole nitrogens is 1. The van der Waals surface area contributed by atoms with Crippen LogP contribution in [0.25, 0.3) is 21.3 Å². The van der Waals surface area contributed by atoms with Crippen LogP contribution in [-0.4, -0.2) is 59.7 Å². The lowest BCUT2D eigenvalue weighted by Crippen LogP contribution is -2.50. The van der Waals surface area contributed by atoms with Crippen molar-refractivity contribution < 1.29 is 17.9 Å². The number of amides is 1. The normalized spacial score (nSPS) is 15.2. The van der Waals surface area contributed by atoms with Gasteiger partial charge in [-0.05, 0) is 24.3 Å². The average molecular weight is 518 g/mol. The van der Waals surface area contributed by atoms with Gasteiger partial charge in [-0.25, -0.2) is 13.4 Å². The number of nitrogens with zero attached hydrogens (tertiary/aromatic N) is 4. The Labute approximate surface area is 204 Å². The number of pyridine rings is 1. The summed E-state index contributed by atoms with van der Waals surface area (Å²) in [5, 5.41) is 13.2. The molecule has 1 fully saturated rings. The lowest BCUT2D eigenvalue weighted by atomic mass is 10.2. The van der Waals surface area contributed by atoms with Crippen LogP contribution in [-0.2, 0) is 10.0 Å². The van der Waals surface area contributed by atoms with Crippen LogP contribution in [0, 0.1) is 12.1 Å². The number of rotatable bonds is 4. The van der Waals surface area contributed by atoms with Gasteiger partial charge in [0.2, 0.25) is 0 Å². The number of aryl methyl sites for hydroxylation is 1. The molecule has 3 aromatic heterocycles. The quantitative estimate of drug-likeness (QED) is 0.330. The highest BCUT2D eigenvalue weighted by Gasteiger charge is 2.32. The summed E-state index contributed by atoms with van der Waals surface area (Å²) in [7, 11) is -3.73. The minimum atomic E-state index is -3.73. The fourth-order valence-corrected chi connectivity index (χ4v) is 6.38. The SMILES string of the molecule is Cc1cc(-c2cnc(C(=O)N3CCN(S(=O)(=O)c4cc5cc(Cl)ccc5[nH]4)CC3)s2)cc[n+]1[O-]. The Balaban J connectivity index is 1.28. The van der Waals surface area contributed by atoms with Crippen LogP contribution < -0.4 is 4.73 Å². The molecule has 0 aliphatic carbocycles. The number of piperazine rings is 1. The van der Waals surface area contributed by atoms with E-state index in [4.69, 9.17) is 11.6 Å². The number of thiazole rings is 1. The summed E-state index contributed by atoms with van der Waals surface area (Å²) in [5.74, 6) is -0.236. The van der Waals surface area contributed by atoms with Gasteiger partial charge in [0, 0.05) is 72.9 Å². The van der Waals surface area contributed by atoms with E-state index in [-0.39, 0.29) is 37.1 Å². The van der Waals surface area contributed by atoms with Crippen molar-refractivity contribution in [1.82, 2.24) is 19.2 Å². The Kier molecular flexibility index (Phi) is 5.80. The molecule has 0 unspecified atom stereocenters. The van der Waals surface area contributed by atoms with Gasteiger partial charge in [0.25, 0.3) is 15.9 Å². The van der Waals surface area contributed by atoms with E-state index in [0.717, 1.165) is 20.6 Å². The molecule has 34 heavy (non-hydrogen) atoms. The van der Waals surface area contributed by atoms with E-state index in [1.54, 1.807) is 54.4 Å². The second-order valence-electron chi connectivity index (χ2n) is 7.97. The summed E-state index contributed by atoms with van der Waals surface area (Å²) >= 11 is 7.26. The van der Waals surface area contributed by atoms with Crippen molar-refractivity contribution >= 4 is 49.8 Å². The molecular weight excluding hydrogens is 498 g/mol. The van der Waals surface area contributed by atoms with Crippen LogP contribution in [0.1, 0.15) is 15.5 Å². The molecule has 0 spiro atoms. The number of hydrogen-bond donors (Lipinski definition) is 1. The van der Waals surface area contributed by atoms with E-state index >= 15 is 0 Å². The van der Waals surface area contributed by atoms with Crippen LogP contribution in [0.2, 0.25) is 5.02 Å². The molecule has 0 saturated carbocycles. The lowest BCUT2D eigenvalue weighted by molar-refractivity contribution is -0.612. The first kappa shape index (κ1) is 22.8. The zero-order valence-corrected chi connectivity index (χ0v) is 20.5. The molecule has 1 saturated heterocycles. The van der Waals surface area contributed by atoms with E-state index in [9.17, 15) is 18.4 Å². The largest absolute Gasteiger partial charge is 0.619 e. The molecule has 5 rings (SSSR count). The average Bonchev–Trinajstić information content (AvgIpc) is 3.48. The summed E-state index contributed by atoms with van der Waals surface area (Å²) in [6.07, 6.45) is 3.04. The first-order valence-electron chi connectivity index (χ1n) is 10.5. The molecule has 0 atom stereocenters. The van der Waals surface area contributed by atoms with Gasteiger partial charge < -0.3 is 15.1 Å². The standard InChI is InChI=1S/C22H20ClN5O4S2/c1-14-10-15(4-5-28(14)30)19-13-24-21(33-19)22(29)26-6-8-27(9-7-26)34(31,32)20-12-16-11-17(23)2-3-18(16)25-20/h2-5,10-13,25H,6-9H2,1H3. The fraction of sp³-hybridized carbons (Fsp3) is 0.227. The van der Waals surface area contributed by atoms with Crippen molar-refractivity contribution in [2.45, 2.75) is 11.9 Å². The second kappa shape index (κ2) is 8.66. The molecule has 1 aromatic carbocycles. The van der Waals surface area contributed by atoms with Crippen LogP contribution in [0.5, 0.6) is 0 Å². The number of halogens is 1. The molecule has 1 amide bonds. The third-order valence-corrected chi connectivity index (χ3v) is 8.87. The van der Waals surface area contributed by atoms with Gasteiger partial charge >= 0.3 is 0 Å². The van der Waals surface area contributed by atoms with Crippen molar-refractivity contribution in [3.63, 3.8) is 0 Å². The molecule has 176 valence electrons. The third-order valence-electron chi connectivity index (χ3n) is 5.78. The second-order valence-corrected chi connectivity index (χ2v) is 11.3. The number of benzene rings is 1. The van der Waals surface area contributed by atoms with E-state index in [2.05, 4.69) is 9.97 Å². The summed E-state index contributed by atoms with van der Waals surface area (Å²) in [6, 6.07) is 10.2. The number of aromatic nitrogens is 3. The van der Waals surface area contributed by atoms with Gasteiger partial charge in [-0.1, -0.05) is 11.6 Å². The van der Waals surface area contributed by atoms with Gasteiger partial charge in [0.05, 0.1) is 4.88 Å². The first-order valence-corrected chi connectivity index (χ1v) is 13.1. The van der Waals surface area contributed by atoms with Crippen molar-refractivity contribution in [1.29, 1.82) is 0 Å². The zero-order valence-electron chi connectivity index (χ0n) is 18.1. The summed E-state index contributed by atoms with van der Waals surface area (Å²) in [4.78, 5) is 22.6. The zero-order chi connectivity index (χ0) is 24.0. The number of fused-ring (bicyclic) bond motifs is 1. The molecule has 1 aliphatic rings. The van der Waals surface area contributed by atoms with E-state index < -0.39 is 10.0 Å². The van der Waals surface area contributed by atoms with Crippen molar-refractivity contribution in [3.8, 4) is 10.4 Å². The van der Waals surface area contributed by atoms with Gasteiger partial charge in [0.1, 0.15) is 5.03 Å². The topological polar surface area (TPSA) is 113 Å². The smallest absolute Gasteiger partial charge is 0.282 e. The summed E-state index contributed by atoms with van der Waals surface area (Å²) in [6.45, 7) is 2.61. The number of hydrogen-bond acceptors (Lipinski definition) is 6. The predicted octanol–water partition coefficient (Wildman–Crippen LogP) is 3.03. The van der Waals surface area contributed by atoms with E-state index in [0.29, 0.717) is 21.2 Å². The third kappa shape index (κ3) is 4.16. The molecule has 4 aromatic rings. The number of carbonyl (C=O) groups excluding carboxylic acids is 1. The number of nitrogens with one attached hydrogen (secondary N) is 1. The first-order chi connectivity index (χ1) is 16.2. The van der Waals surface area contributed by atoms with Gasteiger partial charge in [0.15, 0.2) is 16.9 Å². The van der Waals surface area contributed by atoms with Crippen LogP contribution in [0.15, 0.2) is 53.8 Å². The molecule has 1 N–H and O–H groups in total. The van der Waals surface area contributed by atoms with Gasteiger partial charge in [-0.2, -0.15) is 9.04 Å². The Morgan fingerprint density at radius 1 is 1.18 bits per heavy atom. The lowest BCUT2D eigenvalue weighted by Gasteiger charge is -2.33. The number of sulfonamides is 1. The van der Waals surface area contributed by atoms with Crippen molar-refractivity contribution in [3.05, 3.63) is 69.7 Å². The van der Waals surface area contributed by atoms with Crippen LogP contribution >= 0.6 is 22.9 Å². The molecule has 0 bridgehead atoms. The maximum Gasteiger partial charge on any atom is 0.282 e. The molecule has 1 aliphatic heterocycles. The Morgan fingerprint density at radius 2 is 1.94 bits per heavy atom. The Hall–Kier alpha value is -2.99. The summed E-state index contributed by atoms with van der Waals surface area (Å²) < 4.78 is 28.4. The molecule has 0 radical (unpaired) electrons. The van der Waals surface area contributed by atoms with Gasteiger partial charge in [-0.3, -0.25) is 4.79 Å². The molecule has 12 heteroatoms. The Morgan fingerprint density at radius 3 is 2.68 bits per heavy atom. The van der Waals surface area contributed by atoms with Gasteiger partial charge in [-0.15, -0.1) is 11.3 Å². The minimum absolute atomic E-state index is 0.103. The fourth-order valence-electron chi connectivity index (χ4n) is 3.88. The Bertz CT molecular complexity index is 1510. The maximum absolute atomic E-state index is 13.1. The number of aromatic amines is 1. The van der Waals surface area contributed by atoms with E-state index in [1.807, 2.05) is 0 Å².